The van der Waals surface area contributed by atoms with E-state index in [0.717, 1.165) is 15.7 Å². The van der Waals surface area contributed by atoms with Crippen molar-refractivity contribution in [3.63, 3.8) is 0 Å². The number of hydrogen-bond donors (Lipinski definition) is 1. The van der Waals surface area contributed by atoms with Crippen molar-refractivity contribution in [3.05, 3.63) is 80.9 Å². The van der Waals surface area contributed by atoms with Gasteiger partial charge in [-0.3, -0.25) is 4.79 Å². The minimum absolute atomic E-state index is 0.0915. The number of carbonyl (C=O) groups excluding carboxylic acids is 1. The van der Waals surface area contributed by atoms with E-state index in [1.165, 1.54) is 6.07 Å². The monoisotopic (exact) mass is 432 g/mol. The van der Waals surface area contributed by atoms with E-state index in [2.05, 4.69) is 26.4 Å². The van der Waals surface area contributed by atoms with Crippen molar-refractivity contribution in [3.8, 4) is 5.75 Å². The van der Waals surface area contributed by atoms with E-state index in [9.17, 15) is 9.18 Å². The minimum Gasteiger partial charge on any atom is -0.489 e. The maximum absolute atomic E-state index is 13.8. The molecule has 0 aliphatic carbocycles. The van der Waals surface area contributed by atoms with Crippen LogP contribution in [0.2, 0.25) is 0 Å². The standard InChI is InChI=1S/C20H18BrFN2O3/c1-12-18(13(2)27-24-12)11-26-17-5-3-4-14(9-17)20(25)23-10-15-8-16(21)6-7-19(15)22/h3-9H,10-11H2,1-2H3,(H,23,25). The highest BCUT2D eigenvalue weighted by molar-refractivity contribution is 9.10. The van der Waals surface area contributed by atoms with E-state index in [1.54, 1.807) is 36.4 Å². The molecule has 0 bridgehead atoms. The Morgan fingerprint density at radius 2 is 2.07 bits per heavy atom. The van der Waals surface area contributed by atoms with Crippen LogP contribution in [0.4, 0.5) is 4.39 Å². The van der Waals surface area contributed by atoms with Gasteiger partial charge in [0.1, 0.15) is 23.9 Å². The molecule has 3 aromatic rings. The summed E-state index contributed by atoms with van der Waals surface area (Å²) >= 11 is 3.29. The van der Waals surface area contributed by atoms with Crippen LogP contribution in [-0.2, 0) is 13.2 Å². The molecule has 0 aliphatic heterocycles. The van der Waals surface area contributed by atoms with E-state index in [4.69, 9.17) is 9.26 Å². The zero-order valence-electron chi connectivity index (χ0n) is 14.9. The zero-order chi connectivity index (χ0) is 19.4. The van der Waals surface area contributed by atoms with Crippen molar-refractivity contribution < 1.29 is 18.4 Å². The number of benzene rings is 2. The summed E-state index contributed by atoms with van der Waals surface area (Å²) in [7, 11) is 0. The molecular formula is C20H18BrFN2O3. The molecule has 2 aromatic carbocycles. The van der Waals surface area contributed by atoms with E-state index < -0.39 is 0 Å². The van der Waals surface area contributed by atoms with Crippen molar-refractivity contribution in [2.75, 3.05) is 0 Å². The number of hydrogen-bond acceptors (Lipinski definition) is 4. The molecule has 0 aliphatic rings. The normalized spacial score (nSPS) is 10.7. The zero-order valence-corrected chi connectivity index (χ0v) is 16.5. The summed E-state index contributed by atoms with van der Waals surface area (Å²) in [5.74, 6) is 0.584. The highest BCUT2D eigenvalue weighted by Gasteiger charge is 2.12. The van der Waals surface area contributed by atoms with Crippen molar-refractivity contribution in [2.24, 2.45) is 0 Å². The summed E-state index contributed by atoms with van der Waals surface area (Å²) in [6.07, 6.45) is 0. The molecular weight excluding hydrogens is 415 g/mol. The van der Waals surface area contributed by atoms with Crippen LogP contribution in [0.15, 0.2) is 51.5 Å². The topological polar surface area (TPSA) is 64.4 Å². The maximum atomic E-state index is 13.8. The van der Waals surface area contributed by atoms with Gasteiger partial charge in [-0.1, -0.05) is 27.2 Å². The average Bonchev–Trinajstić information content (AvgIpc) is 2.98. The molecule has 1 heterocycles. The van der Waals surface area contributed by atoms with Gasteiger partial charge in [-0.15, -0.1) is 0 Å². The van der Waals surface area contributed by atoms with Crippen molar-refractivity contribution in [2.45, 2.75) is 27.0 Å². The molecule has 0 unspecified atom stereocenters. The van der Waals surface area contributed by atoms with Gasteiger partial charge >= 0.3 is 0 Å². The summed E-state index contributed by atoms with van der Waals surface area (Å²) in [6, 6.07) is 11.4. The summed E-state index contributed by atoms with van der Waals surface area (Å²) in [5, 5.41) is 6.61. The first kappa shape index (κ1) is 19.1. The summed E-state index contributed by atoms with van der Waals surface area (Å²) in [5.41, 5.74) is 2.50. The van der Waals surface area contributed by atoms with Gasteiger partial charge in [0.05, 0.1) is 11.3 Å². The molecule has 1 amide bonds. The van der Waals surface area contributed by atoms with Crippen LogP contribution in [0, 0.1) is 19.7 Å². The van der Waals surface area contributed by atoms with Crippen LogP contribution < -0.4 is 10.1 Å². The van der Waals surface area contributed by atoms with Crippen LogP contribution >= 0.6 is 15.9 Å². The van der Waals surface area contributed by atoms with Crippen molar-refractivity contribution in [1.82, 2.24) is 10.5 Å². The van der Waals surface area contributed by atoms with Gasteiger partial charge in [0.25, 0.3) is 5.91 Å². The Morgan fingerprint density at radius 3 is 2.81 bits per heavy atom. The maximum Gasteiger partial charge on any atom is 0.251 e. The van der Waals surface area contributed by atoms with E-state index >= 15 is 0 Å². The Morgan fingerprint density at radius 1 is 1.26 bits per heavy atom. The third-order valence-electron chi connectivity index (χ3n) is 4.11. The lowest BCUT2D eigenvalue weighted by Crippen LogP contribution is -2.23. The second-order valence-electron chi connectivity index (χ2n) is 6.04. The number of amides is 1. The molecule has 140 valence electrons. The molecule has 1 N–H and O–H groups in total. The molecule has 0 atom stereocenters. The molecule has 0 radical (unpaired) electrons. The van der Waals surface area contributed by atoms with Crippen molar-refractivity contribution in [1.29, 1.82) is 0 Å². The number of carbonyl (C=O) groups is 1. The Bertz CT molecular complexity index is 952. The van der Waals surface area contributed by atoms with Gasteiger partial charge in [0.2, 0.25) is 0 Å². The molecule has 3 rings (SSSR count). The fourth-order valence-electron chi connectivity index (χ4n) is 2.55. The van der Waals surface area contributed by atoms with E-state index in [0.29, 0.717) is 29.2 Å². The number of aryl methyl sites for hydroxylation is 2. The summed E-state index contributed by atoms with van der Waals surface area (Å²) < 4.78 is 25.4. The average molecular weight is 433 g/mol. The fraction of sp³-hybridized carbons (Fsp3) is 0.200. The van der Waals surface area contributed by atoms with Crippen molar-refractivity contribution >= 4 is 21.8 Å². The smallest absolute Gasteiger partial charge is 0.251 e. The largest absolute Gasteiger partial charge is 0.489 e. The van der Waals surface area contributed by atoms with Gasteiger partial charge in [0.15, 0.2) is 0 Å². The number of nitrogens with zero attached hydrogens (tertiary/aromatic N) is 1. The molecule has 5 nitrogen and oxygen atoms in total. The third-order valence-corrected chi connectivity index (χ3v) is 4.60. The first-order valence-electron chi connectivity index (χ1n) is 8.31. The van der Waals surface area contributed by atoms with Gasteiger partial charge < -0.3 is 14.6 Å². The second kappa shape index (κ2) is 8.35. The first-order valence-corrected chi connectivity index (χ1v) is 9.10. The Hall–Kier alpha value is -2.67. The van der Waals surface area contributed by atoms with Crippen LogP contribution in [0.3, 0.4) is 0 Å². The van der Waals surface area contributed by atoms with E-state index in [1.807, 2.05) is 13.8 Å². The van der Waals surface area contributed by atoms with Crippen LogP contribution in [0.25, 0.3) is 0 Å². The van der Waals surface area contributed by atoms with Gasteiger partial charge in [-0.25, -0.2) is 4.39 Å². The quantitative estimate of drug-likeness (QED) is 0.612. The lowest BCUT2D eigenvalue weighted by molar-refractivity contribution is 0.0950. The molecule has 7 heteroatoms. The second-order valence-corrected chi connectivity index (χ2v) is 6.95. The van der Waals surface area contributed by atoms with Crippen LogP contribution in [-0.4, -0.2) is 11.1 Å². The SMILES string of the molecule is Cc1noc(C)c1COc1cccc(C(=O)NCc2cc(Br)ccc2F)c1. The van der Waals surface area contributed by atoms with Crippen LogP contribution in [0.5, 0.6) is 5.75 Å². The number of rotatable bonds is 6. The van der Waals surface area contributed by atoms with E-state index in [-0.39, 0.29) is 18.3 Å². The predicted octanol–water partition coefficient (Wildman–Crippen LogP) is 4.70. The Kier molecular flexibility index (Phi) is 5.91. The Balaban J connectivity index is 1.64. The fourth-order valence-corrected chi connectivity index (χ4v) is 2.96. The number of nitrogens with one attached hydrogen (secondary N) is 1. The van der Waals surface area contributed by atoms with Gasteiger partial charge in [-0.05, 0) is 50.2 Å². The summed E-state index contributed by atoms with van der Waals surface area (Å²) in [6.45, 7) is 4.06. The minimum atomic E-state index is -0.366. The van der Waals surface area contributed by atoms with Gasteiger partial charge in [-0.2, -0.15) is 0 Å². The molecule has 0 saturated carbocycles. The van der Waals surface area contributed by atoms with Crippen LogP contribution in [0.1, 0.15) is 32.9 Å². The highest BCUT2D eigenvalue weighted by atomic mass is 79.9. The highest BCUT2D eigenvalue weighted by Crippen LogP contribution is 2.19. The number of aromatic nitrogens is 1. The first-order chi connectivity index (χ1) is 12.9. The van der Waals surface area contributed by atoms with Gasteiger partial charge in [0, 0.05) is 22.1 Å². The molecule has 27 heavy (non-hydrogen) atoms. The molecule has 1 aromatic heterocycles. The predicted molar refractivity (Wildman–Crippen MR) is 102 cm³/mol. The lowest BCUT2D eigenvalue weighted by atomic mass is 10.1. The number of halogens is 2. The third kappa shape index (κ3) is 4.74. The number of ether oxygens (including phenoxy) is 1. The molecule has 0 fully saturated rings. The lowest BCUT2D eigenvalue weighted by Gasteiger charge is -2.09. The Labute approximate surface area is 164 Å². The molecule has 0 spiro atoms. The summed E-state index contributed by atoms with van der Waals surface area (Å²) in [4.78, 5) is 12.4. The molecule has 0 saturated heterocycles.